The number of aryl methyl sites for hydroxylation is 1. The van der Waals surface area contributed by atoms with Gasteiger partial charge in [-0.3, -0.25) is 15.2 Å². The average molecular weight is 252 g/mol. The van der Waals surface area contributed by atoms with Crippen LogP contribution in [0.1, 0.15) is 22.1 Å². The zero-order valence-corrected chi connectivity index (χ0v) is 10.3. The fourth-order valence-corrected chi connectivity index (χ4v) is 1.72. The van der Waals surface area contributed by atoms with Crippen LogP contribution in [-0.4, -0.2) is 27.3 Å². The first-order valence-electron chi connectivity index (χ1n) is 4.97. The van der Waals surface area contributed by atoms with Gasteiger partial charge in [0.1, 0.15) is 11.6 Å². The topological polar surface area (TPSA) is 83.8 Å². The molecule has 0 aromatic carbocycles. The number of furan rings is 1. The lowest BCUT2D eigenvalue weighted by molar-refractivity contribution is 0.0994. The van der Waals surface area contributed by atoms with Crippen LogP contribution in [0.15, 0.2) is 16.5 Å². The van der Waals surface area contributed by atoms with E-state index in [2.05, 4.69) is 20.5 Å². The largest absolute Gasteiger partial charge is 0.455 e. The SMILES string of the molecule is CSCc1ccc(C(=O)Nc2n[nH]c(C)n2)o1. The number of H-pyrrole nitrogens is 1. The summed E-state index contributed by atoms with van der Waals surface area (Å²) in [5.74, 6) is 2.31. The Bertz CT molecular complexity index is 520. The smallest absolute Gasteiger partial charge is 0.293 e. The van der Waals surface area contributed by atoms with E-state index in [0.29, 0.717) is 5.82 Å². The molecule has 2 aromatic heterocycles. The van der Waals surface area contributed by atoms with E-state index in [-0.39, 0.29) is 17.6 Å². The highest BCUT2D eigenvalue weighted by molar-refractivity contribution is 7.97. The van der Waals surface area contributed by atoms with Crippen molar-refractivity contribution in [1.29, 1.82) is 0 Å². The molecule has 0 aliphatic carbocycles. The van der Waals surface area contributed by atoms with Crippen molar-refractivity contribution in [3.63, 3.8) is 0 Å². The molecule has 0 atom stereocenters. The number of hydrogen-bond acceptors (Lipinski definition) is 5. The molecule has 0 saturated heterocycles. The monoisotopic (exact) mass is 252 g/mol. The summed E-state index contributed by atoms with van der Waals surface area (Å²) < 4.78 is 5.37. The van der Waals surface area contributed by atoms with Gasteiger partial charge in [-0.15, -0.1) is 5.10 Å². The number of aromatic amines is 1. The van der Waals surface area contributed by atoms with Crippen LogP contribution in [-0.2, 0) is 5.75 Å². The van der Waals surface area contributed by atoms with Crippen LogP contribution in [0, 0.1) is 6.92 Å². The van der Waals surface area contributed by atoms with Crippen LogP contribution >= 0.6 is 11.8 Å². The number of aromatic nitrogens is 3. The number of carbonyl (C=O) groups excluding carboxylic acids is 1. The third-order valence-electron chi connectivity index (χ3n) is 1.99. The maximum Gasteiger partial charge on any atom is 0.293 e. The van der Waals surface area contributed by atoms with Gasteiger partial charge in [0.05, 0.1) is 5.75 Å². The molecule has 0 bridgehead atoms. The molecule has 7 heteroatoms. The van der Waals surface area contributed by atoms with E-state index in [9.17, 15) is 4.79 Å². The summed E-state index contributed by atoms with van der Waals surface area (Å²) in [6.07, 6.45) is 1.97. The fourth-order valence-electron chi connectivity index (χ4n) is 1.28. The molecular weight excluding hydrogens is 240 g/mol. The van der Waals surface area contributed by atoms with E-state index in [1.807, 2.05) is 6.26 Å². The third kappa shape index (κ3) is 2.88. The first-order chi connectivity index (χ1) is 8.19. The van der Waals surface area contributed by atoms with Gasteiger partial charge in [-0.05, 0) is 25.3 Å². The Balaban J connectivity index is 2.03. The summed E-state index contributed by atoms with van der Waals surface area (Å²) in [7, 11) is 0. The molecule has 17 heavy (non-hydrogen) atoms. The third-order valence-corrected chi connectivity index (χ3v) is 2.57. The highest BCUT2D eigenvalue weighted by Crippen LogP contribution is 2.14. The van der Waals surface area contributed by atoms with Crippen molar-refractivity contribution in [2.24, 2.45) is 0 Å². The second-order valence-electron chi connectivity index (χ2n) is 3.40. The maximum atomic E-state index is 11.7. The Kier molecular flexibility index (Phi) is 3.48. The zero-order chi connectivity index (χ0) is 12.3. The molecule has 0 aliphatic rings. The minimum atomic E-state index is -0.351. The molecule has 0 aliphatic heterocycles. The van der Waals surface area contributed by atoms with E-state index < -0.39 is 0 Å². The second-order valence-corrected chi connectivity index (χ2v) is 4.26. The summed E-state index contributed by atoms with van der Waals surface area (Å²) in [6, 6.07) is 3.43. The quantitative estimate of drug-likeness (QED) is 0.867. The van der Waals surface area contributed by atoms with Gasteiger partial charge in [0.2, 0.25) is 5.95 Å². The molecule has 6 nitrogen and oxygen atoms in total. The van der Waals surface area contributed by atoms with Gasteiger partial charge >= 0.3 is 0 Å². The number of thioether (sulfide) groups is 1. The lowest BCUT2D eigenvalue weighted by atomic mass is 10.4. The number of amides is 1. The molecule has 0 saturated carbocycles. The van der Waals surface area contributed by atoms with Gasteiger partial charge in [-0.2, -0.15) is 16.7 Å². The van der Waals surface area contributed by atoms with Gasteiger partial charge in [-0.25, -0.2) is 0 Å². The van der Waals surface area contributed by atoms with Crippen molar-refractivity contribution in [3.05, 3.63) is 29.5 Å². The summed E-state index contributed by atoms with van der Waals surface area (Å²) >= 11 is 1.63. The predicted molar refractivity (Wildman–Crippen MR) is 65.0 cm³/mol. The molecule has 2 aromatic rings. The fraction of sp³-hybridized carbons (Fsp3) is 0.300. The first-order valence-corrected chi connectivity index (χ1v) is 6.36. The summed E-state index contributed by atoms with van der Waals surface area (Å²) in [4.78, 5) is 15.7. The highest BCUT2D eigenvalue weighted by Gasteiger charge is 2.13. The number of rotatable bonds is 4. The Hall–Kier alpha value is -1.76. The molecule has 2 N–H and O–H groups in total. The first kappa shape index (κ1) is 11.7. The minimum Gasteiger partial charge on any atom is -0.455 e. The van der Waals surface area contributed by atoms with Gasteiger partial charge < -0.3 is 4.42 Å². The predicted octanol–water partition coefficient (Wildman–Crippen LogP) is 1.82. The molecular formula is C10H12N4O2S. The average Bonchev–Trinajstić information content (AvgIpc) is 2.88. The Morgan fingerprint density at radius 3 is 3.06 bits per heavy atom. The van der Waals surface area contributed by atoms with Crippen molar-refractivity contribution in [2.75, 3.05) is 11.6 Å². The Morgan fingerprint density at radius 2 is 2.41 bits per heavy atom. The van der Waals surface area contributed by atoms with E-state index in [0.717, 1.165) is 11.5 Å². The Morgan fingerprint density at radius 1 is 1.59 bits per heavy atom. The van der Waals surface area contributed by atoms with Crippen LogP contribution < -0.4 is 5.32 Å². The van der Waals surface area contributed by atoms with Crippen LogP contribution in [0.25, 0.3) is 0 Å². The lowest BCUT2D eigenvalue weighted by Gasteiger charge is -1.96. The van der Waals surface area contributed by atoms with Crippen molar-refractivity contribution < 1.29 is 9.21 Å². The van der Waals surface area contributed by atoms with Crippen LogP contribution in [0.3, 0.4) is 0 Å². The lowest BCUT2D eigenvalue weighted by Crippen LogP contribution is -2.12. The molecule has 2 heterocycles. The van der Waals surface area contributed by atoms with E-state index >= 15 is 0 Å². The van der Waals surface area contributed by atoms with E-state index in [4.69, 9.17) is 4.42 Å². The molecule has 0 radical (unpaired) electrons. The number of carbonyl (C=O) groups is 1. The van der Waals surface area contributed by atoms with Crippen molar-refractivity contribution >= 4 is 23.6 Å². The van der Waals surface area contributed by atoms with Gasteiger partial charge in [0, 0.05) is 0 Å². The number of nitrogens with one attached hydrogen (secondary N) is 2. The second kappa shape index (κ2) is 5.05. The van der Waals surface area contributed by atoms with Gasteiger partial charge in [0.15, 0.2) is 5.76 Å². The summed E-state index contributed by atoms with van der Waals surface area (Å²) in [6.45, 7) is 1.76. The molecule has 0 fully saturated rings. The number of hydrogen-bond donors (Lipinski definition) is 2. The van der Waals surface area contributed by atoms with Crippen LogP contribution in [0.4, 0.5) is 5.95 Å². The van der Waals surface area contributed by atoms with Crippen molar-refractivity contribution in [3.8, 4) is 0 Å². The summed E-state index contributed by atoms with van der Waals surface area (Å²) in [5, 5.41) is 8.99. The minimum absolute atomic E-state index is 0.246. The molecule has 2 rings (SSSR count). The molecule has 0 spiro atoms. The summed E-state index contributed by atoms with van der Waals surface area (Å²) in [5.41, 5.74) is 0. The normalized spacial score (nSPS) is 10.5. The standard InChI is InChI=1S/C10H12N4O2S/c1-6-11-10(14-13-6)12-9(15)8-4-3-7(16-8)5-17-2/h3-4H,5H2,1-2H3,(H2,11,12,13,14,15). The van der Waals surface area contributed by atoms with Gasteiger partial charge in [-0.1, -0.05) is 0 Å². The molecule has 90 valence electrons. The van der Waals surface area contributed by atoms with Crippen molar-refractivity contribution in [2.45, 2.75) is 12.7 Å². The number of nitrogens with zero attached hydrogens (tertiary/aromatic N) is 2. The van der Waals surface area contributed by atoms with Crippen molar-refractivity contribution in [1.82, 2.24) is 15.2 Å². The molecule has 0 unspecified atom stereocenters. The highest BCUT2D eigenvalue weighted by atomic mass is 32.2. The molecule has 1 amide bonds. The van der Waals surface area contributed by atoms with Gasteiger partial charge in [0.25, 0.3) is 5.91 Å². The number of anilines is 1. The van der Waals surface area contributed by atoms with Crippen LogP contribution in [0.2, 0.25) is 0 Å². The Labute approximate surface area is 102 Å². The van der Waals surface area contributed by atoms with E-state index in [1.54, 1.807) is 30.8 Å². The van der Waals surface area contributed by atoms with E-state index in [1.165, 1.54) is 0 Å². The zero-order valence-electron chi connectivity index (χ0n) is 9.48. The van der Waals surface area contributed by atoms with Crippen LogP contribution in [0.5, 0.6) is 0 Å². The maximum absolute atomic E-state index is 11.7.